The molecule has 17 heavy (non-hydrogen) atoms. The van der Waals surface area contributed by atoms with Crippen molar-refractivity contribution in [1.29, 1.82) is 0 Å². The van der Waals surface area contributed by atoms with Crippen LogP contribution >= 0.6 is 0 Å². The molecule has 0 aliphatic rings. The van der Waals surface area contributed by atoms with Gasteiger partial charge in [0.1, 0.15) is 11.8 Å². The van der Waals surface area contributed by atoms with Gasteiger partial charge in [0.2, 0.25) is 0 Å². The number of rotatable bonds is 5. The smallest absolute Gasteiger partial charge is 0.323 e. The molecule has 94 valence electrons. The molecule has 1 aromatic carbocycles. The fourth-order valence-corrected chi connectivity index (χ4v) is 1.34. The Bertz CT molecular complexity index is 361. The first-order valence-electron chi connectivity index (χ1n) is 5.77. The zero-order valence-electron chi connectivity index (χ0n) is 10.2. The van der Waals surface area contributed by atoms with Crippen LogP contribution in [-0.4, -0.2) is 23.2 Å². The minimum absolute atomic E-state index is 0.103. The van der Waals surface area contributed by atoms with E-state index in [1.54, 1.807) is 24.3 Å². The van der Waals surface area contributed by atoms with Crippen LogP contribution in [0, 0.1) is 0 Å². The van der Waals surface area contributed by atoms with Crippen LogP contribution in [-0.2, 0) is 16.0 Å². The SMILES string of the molecule is CCC(C)OC(=O)[C@@H](N)Cc1ccc(O)cc1. The number of phenols is 1. The zero-order valence-corrected chi connectivity index (χ0v) is 10.2. The maximum atomic E-state index is 11.6. The largest absolute Gasteiger partial charge is 0.508 e. The van der Waals surface area contributed by atoms with E-state index in [0.29, 0.717) is 6.42 Å². The van der Waals surface area contributed by atoms with Gasteiger partial charge in [0.15, 0.2) is 0 Å². The predicted molar refractivity (Wildman–Crippen MR) is 65.6 cm³/mol. The van der Waals surface area contributed by atoms with E-state index in [1.807, 2.05) is 13.8 Å². The molecule has 3 N–H and O–H groups in total. The van der Waals surface area contributed by atoms with Crippen molar-refractivity contribution >= 4 is 5.97 Å². The molecule has 0 bridgehead atoms. The Hall–Kier alpha value is -1.55. The molecular weight excluding hydrogens is 218 g/mol. The number of esters is 1. The Morgan fingerprint density at radius 2 is 2.00 bits per heavy atom. The number of ether oxygens (including phenoxy) is 1. The summed E-state index contributed by atoms with van der Waals surface area (Å²) in [6.07, 6.45) is 1.08. The lowest BCUT2D eigenvalue weighted by Gasteiger charge is -2.15. The molecule has 1 rings (SSSR count). The van der Waals surface area contributed by atoms with Gasteiger partial charge >= 0.3 is 5.97 Å². The summed E-state index contributed by atoms with van der Waals surface area (Å²) < 4.78 is 5.14. The van der Waals surface area contributed by atoms with E-state index in [-0.39, 0.29) is 17.8 Å². The summed E-state index contributed by atoms with van der Waals surface area (Å²) in [4.78, 5) is 11.6. The first-order valence-corrected chi connectivity index (χ1v) is 5.77. The maximum Gasteiger partial charge on any atom is 0.323 e. The number of carbonyl (C=O) groups excluding carboxylic acids is 1. The number of phenolic OH excluding ortho intramolecular Hbond substituents is 1. The van der Waals surface area contributed by atoms with Gasteiger partial charge < -0.3 is 15.6 Å². The van der Waals surface area contributed by atoms with Crippen LogP contribution in [0.2, 0.25) is 0 Å². The Labute approximate surface area is 101 Å². The van der Waals surface area contributed by atoms with Gasteiger partial charge in [0.25, 0.3) is 0 Å². The molecular formula is C13H19NO3. The van der Waals surface area contributed by atoms with E-state index >= 15 is 0 Å². The van der Waals surface area contributed by atoms with Crippen molar-refractivity contribution in [2.75, 3.05) is 0 Å². The predicted octanol–water partition coefficient (Wildman–Crippen LogP) is 1.60. The molecule has 0 amide bonds. The maximum absolute atomic E-state index is 11.6. The van der Waals surface area contributed by atoms with Gasteiger partial charge in [-0.2, -0.15) is 0 Å². The quantitative estimate of drug-likeness (QED) is 0.763. The minimum Gasteiger partial charge on any atom is -0.508 e. The number of hydrogen-bond donors (Lipinski definition) is 2. The molecule has 0 aliphatic carbocycles. The first-order chi connectivity index (χ1) is 8.02. The highest BCUT2D eigenvalue weighted by Crippen LogP contribution is 2.11. The third-order valence-electron chi connectivity index (χ3n) is 2.59. The van der Waals surface area contributed by atoms with E-state index in [0.717, 1.165) is 12.0 Å². The highest BCUT2D eigenvalue weighted by atomic mass is 16.5. The molecule has 0 aliphatic heterocycles. The third-order valence-corrected chi connectivity index (χ3v) is 2.59. The monoisotopic (exact) mass is 237 g/mol. The second-order valence-corrected chi connectivity index (χ2v) is 4.13. The number of benzene rings is 1. The summed E-state index contributed by atoms with van der Waals surface area (Å²) in [7, 11) is 0. The number of nitrogens with two attached hydrogens (primary N) is 1. The van der Waals surface area contributed by atoms with Crippen LogP contribution in [0.3, 0.4) is 0 Å². The summed E-state index contributed by atoms with van der Waals surface area (Å²) in [6, 6.07) is 5.97. The van der Waals surface area contributed by atoms with Gasteiger partial charge in [-0.25, -0.2) is 0 Å². The van der Waals surface area contributed by atoms with Crippen molar-refractivity contribution < 1.29 is 14.6 Å². The zero-order chi connectivity index (χ0) is 12.8. The summed E-state index contributed by atoms with van der Waals surface area (Å²) in [5.74, 6) is -0.183. The molecule has 0 heterocycles. The molecule has 0 radical (unpaired) electrons. The van der Waals surface area contributed by atoms with Crippen molar-refractivity contribution in [3.63, 3.8) is 0 Å². The lowest BCUT2D eigenvalue weighted by molar-refractivity contribution is -0.149. The molecule has 1 aromatic rings. The number of aromatic hydroxyl groups is 1. The summed E-state index contributed by atoms with van der Waals surface area (Å²) in [5.41, 5.74) is 6.65. The molecule has 2 atom stereocenters. The van der Waals surface area contributed by atoms with Gasteiger partial charge in [-0.3, -0.25) is 4.79 Å². The van der Waals surface area contributed by atoms with E-state index in [9.17, 15) is 4.79 Å². The second kappa shape index (κ2) is 6.25. The van der Waals surface area contributed by atoms with E-state index in [1.165, 1.54) is 0 Å². The Balaban J connectivity index is 2.51. The summed E-state index contributed by atoms with van der Waals surface area (Å²) in [6.45, 7) is 3.79. The Morgan fingerprint density at radius 1 is 1.41 bits per heavy atom. The van der Waals surface area contributed by atoms with Crippen molar-refractivity contribution in [2.24, 2.45) is 5.73 Å². The van der Waals surface area contributed by atoms with E-state index < -0.39 is 6.04 Å². The molecule has 4 nitrogen and oxygen atoms in total. The van der Waals surface area contributed by atoms with E-state index in [4.69, 9.17) is 15.6 Å². The molecule has 0 saturated carbocycles. The fraction of sp³-hybridized carbons (Fsp3) is 0.462. The van der Waals surface area contributed by atoms with Crippen LogP contribution in [0.4, 0.5) is 0 Å². The van der Waals surface area contributed by atoms with Gasteiger partial charge in [-0.1, -0.05) is 19.1 Å². The van der Waals surface area contributed by atoms with Crippen molar-refractivity contribution in [2.45, 2.75) is 38.8 Å². The van der Waals surface area contributed by atoms with Crippen LogP contribution in [0.1, 0.15) is 25.8 Å². The van der Waals surface area contributed by atoms with E-state index in [2.05, 4.69) is 0 Å². The third kappa shape index (κ3) is 4.44. The topological polar surface area (TPSA) is 72.5 Å². The Kier molecular flexibility index (Phi) is 4.97. The van der Waals surface area contributed by atoms with Crippen LogP contribution in [0.5, 0.6) is 5.75 Å². The number of hydrogen-bond acceptors (Lipinski definition) is 4. The Morgan fingerprint density at radius 3 is 2.53 bits per heavy atom. The molecule has 0 aromatic heterocycles. The summed E-state index contributed by atoms with van der Waals surface area (Å²) >= 11 is 0. The van der Waals surface area contributed by atoms with Crippen molar-refractivity contribution in [3.05, 3.63) is 29.8 Å². The molecule has 1 unspecified atom stereocenters. The average molecular weight is 237 g/mol. The average Bonchev–Trinajstić information content (AvgIpc) is 2.31. The van der Waals surface area contributed by atoms with Gasteiger partial charge in [0, 0.05) is 0 Å². The van der Waals surface area contributed by atoms with Crippen LogP contribution < -0.4 is 5.73 Å². The van der Waals surface area contributed by atoms with Gasteiger partial charge in [-0.15, -0.1) is 0 Å². The van der Waals surface area contributed by atoms with Crippen molar-refractivity contribution in [3.8, 4) is 5.75 Å². The molecule has 0 saturated heterocycles. The lowest BCUT2D eigenvalue weighted by atomic mass is 10.1. The summed E-state index contributed by atoms with van der Waals surface area (Å²) in [5, 5.41) is 9.13. The number of carbonyl (C=O) groups is 1. The standard InChI is InChI=1S/C13H19NO3/c1-3-9(2)17-13(16)12(14)8-10-4-6-11(15)7-5-10/h4-7,9,12,15H,3,8,14H2,1-2H3/t9?,12-/m0/s1. The minimum atomic E-state index is -0.659. The fourth-order valence-electron chi connectivity index (χ4n) is 1.34. The highest BCUT2D eigenvalue weighted by molar-refractivity contribution is 5.76. The second-order valence-electron chi connectivity index (χ2n) is 4.13. The lowest BCUT2D eigenvalue weighted by Crippen LogP contribution is -2.36. The van der Waals surface area contributed by atoms with Gasteiger partial charge in [-0.05, 0) is 37.5 Å². The first kappa shape index (κ1) is 13.5. The molecule has 0 spiro atoms. The van der Waals surface area contributed by atoms with Crippen LogP contribution in [0.25, 0.3) is 0 Å². The normalized spacial score (nSPS) is 14.1. The van der Waals surface area contributed by atoms with Crippen molar-refractivity contribution in [1.82, 2.24) is 0 Å². The van der Waals surface area contributed by atoms with Gasteiger partial charge in [0.05, 0.1) is 6.10 Å². The molecule has 0 fully saturated rings. The molecule has 4 heteroatoms. The highest BCUT2D eigenvalue weighted by Gasteiger charge is 2.17. The van der Waals surface area contributed by atoms with Crippen LogP contribution in [0.15, 0.2) is 24.3 Å².